The number of aromatic nitrogens is 4. The molecule has 0 unspecified atom stereocenters. The Morgan fingerprint density at radius 2 is 1.69 bits per heavy atom. The summed E-state index contributed by atoms with van der Waals surface area (Å²) in [5.74, 6) is -0.171. The number of nitrogens with zero attached hydrogens (tertiary/aromatic N) is 5. The molecule has 0 spiro atoms. The molecule has 0 atom stereocenters. The SMILES string of the molecule is O=C(Nc1ccc([N+](=O)[O-])c([N+](=O)[O-])c1)c1ccc(-c2nn[nH]n2)cc1. The number of benzene rings is 2. The van der Waals surface area contributed by atoms with Gasteiger partial charge in [-0.05, 0) is 23.4 Å². The quantitative estimate of drug-likeness (QED) is 0.516. The van der Waals surface area contributed by atoms with E-state index in [0.29, 0.717) is 11.4 Å². The monoisotopic (exact) mass is 355 g/mol. The number of carbonyl (C=O) groups excluding carboxylic acids is 1. The van der Waals surface area contributed by atoms with Crippen molar-refractivity contribution in [1.82, 2.24) is 20.6 Å². The number of amides is 1. The molecule has 0 aliphatic heterocycles. The van der Waals surface area contributed by atoms with Gasteiger partial charge in [0.25, 0.3) is 5.91 Å². The van der Waals surface area contributed by atoms with Crippen molar-refractivity contribution in [2.24, 2.45) is 0 Å². The molecule has 1 aromatic heterocycles. The van der Waals surface area contributed by atoms with Crippen molar-refractivity contribution < 1.29 is 14.6 Å². The molecule has 2 aromatic carbocycles. The van der Waals surface area contributed by atoms with Gasteiger partial charge in [0.15, 0.2) is 0 Å². The number of nitro benzene ring substituents is 2. The summed E-state index contributed by atoms with van der Waals surface area (Å²) >= 11 is 0. The second-order valence-electron chi connectivity index (χ2n) is 4.98. The van der Waals surface area contributed by atoms with Crippen LogP contribution in [0.3, 0.4) is 0 Å². The summed E-state index contributed by atoms with van der Waals surface area (Å²) in [7, 11) is 0. The zero-order valence-electron chi connectivity index (χ0n) is 12.8. The van der Waals surface area contributed by atoms with Gasteiger partial charge in [-0.3, -0.25) is 25.0 Å². The predicted octanol–water partition coefficient (Wildman–Crippen LogP) is 1.94. The van der Waals surface area contributed by atoms with Crippen LogP contribution in [0.4, 0.5) is 17.1 Å². The summed E-state index contributed by atoms with van der Waals surface area (Å²) in [5, 5.41) is 37.6. The van der Waals surface area contributed by atoms with Gasteiger partial charge in [-0.15, -0.1) is 10.2 Å². The Labute approximate surface area is 144 Å². The summed E-state index contributed by atoms with van der Waals surface area (Å²) in [4.78, 5) is 32.3. The fourth-order valence-corrected chi connectivity index (χ4v) is 2.16. The van der Waals surface area contributed by atoms with Crippen LogP contribution < -0.4 is 5.32 Å². The molecule has 12 nitrogen and oxygen atoms in total. The standard InChI is InChI=1S/C14H9N7O5/c22-14(9-3-1-8(2-4-9)13-16-18-19-17-13)15-10-5-6-11(20(23)24)12(7-10)21(25)26/h1-7H,(H,15,22)(H,16,17,18,19). The van der Waals surface area contributed by atoms with Gasteiger partial charge >= 0.3 is 11.4 Å². The summed E-state index contributed by atoms with van der Waals surface area (Å²) in [6.45, 7) is 0. The lowest BCUT2D eigenvalue weighted by atomic mass is 10.1. The van der Waals surface area contributed by atoms with Gasteiger partial charge < -0.3 is 5.32 Å². The van der Waals surface area contributed by atoms with Crippen LogP contribution in [-0.4, -0.2) is 36.4 Å². The lowest BCUT2D eigenvalue weighted by Crippen LogP contribution is -2.12. The maximum absolute atomic E-state index is 12.2. The number of nitrogens with one attached hydrogen (secondary N) is 2. The van der Waals surface area contributed by atoms with Gasteiger partial charge in [-0.2, -0.15) is 5.21 Å². The fourth-order valence-electron chi connectivity index (χ4n) is 2.16. The minimum Gasteiger partial charge on any atom is -0.322 e. The normalized spacial score (nSPS) is 10.3. The van der Waals surface area contributed by atoms with Gasteiger partial charge in [-0.1, -0.05) is 12.1 Å². The summed E-state index contributed by atoms with van der Waals surface area (Å²) in [6, 6.07) is 9.37. The van der Waals surface area contributed by atoms with Crippen molar-refractivity contribution in [2.75, 3.05) is 5.32 Å². The Bertz CT molecular complexity index is 985. The molecule has 3 rings (SSSR count). The van der Waals surface area contributed by atoms with Crippen LogP contribution in [0.5, 0.6) is 0 Å². The number of nitro groups is 2. The number of H-pyrrole nitrogens is 1. The van der Waals surface area contributed by atoms with Crippen molar-refractivity contribution in [3.05, 3.63) is 68.3 Å². The third kappa shape index (κ3) is 3.33. The molecule has 0 saturated carbocycles. The molecule has 26 heavy (non-hydrogen) atoms. The van der Waals surface area contributed by atoms with Crippen LogP contribution in [0.1, 0.15) is 10.4 Å². The Morgan fingerprint density at radius 3 is 2.27 bits per heavy atom. The van der Waals surface area contributed by atoms with E-state index in [0.717, 1.165) is 12.1 Å². The minimum atomic E-state index is -0.881. The van der Waals surface area contributed by atoms with Crippen molar-refractivity contribution >= 4 is 23.0 Å². The second-order valence-corrected chi connectivity index (χ2v) is 4.98. The van der Waals surface area contributed by atoms with E-state index in [1.165, 1.54) is 18.2 Å². The van der Waals surface area contributed by atoms with Gasteiger partial charge in [0.1, 0.15) is 0 Å². The maximum atomic E-state index is 12.2. The number of rotatable bonds is 5. The predicted molar refractivity (Wildman–Crippen MR) is 87.3 cm³/mol. The summed E-state index contributed by atoms with van der Waals surface area (Å²) in [6.07, 6.45) is 0. The van der Waals surface area contributed by atoms with Crippen LogP contribution in [0.2, 0.25) is 0 Å². The average Bonchev–Trinajstić information content (AvgIpc) is 3.16. The van der Waals surface area contributed by atoms with Crippen molar-refractivity contribution in [3.8, 4) is 11.4 Å². The molecule has 12 heteroatoms. The zero-order chi connectivity index (χ0) is 18.7. The Balaban J connectivity index is 1.80. The first-order chi connectivity index (χ1) is 12.5. The van der Waals surface area contributed by atoms with E-state index >= 15 is 0 Å². The van der Waals surface area contributed by atoms with Crippen LogP contribution in [-0.2, 0) is 0 Å². The van der Waals surface area contributed by atoms with Crippen molar-refractivity contribution in [3.63, 3.8) is 0 Å². The van der Waals surface area contributed by atoms with E-state index in [2.05, 4.69) is 25.9 Å². The van der Waals surface area contributed by atoms with E-state index in [1.807, 2.05) is 0 Å². The number of carbonyl (C=O) groups is 1. The lowest BCUT2D eigenvalue weighted by Gasteiger charge is -2.06. The van der Waals surface area contributed by atoms with E-state index in [4.69, 9.17) is 0 Å². The summed E-state index contributed by atoms with van der Waals surface area (Å²) < 4.78 is 0. The first kappa shape index (κ1) is 16.6. The molecule has 0 aliphatic rings. The largest absolute Gasteiger partial charge is 0.348 e. The number of anilines is 1. The Hall–Kier alpha value is -4.22. The van der Waals surface area contributed by atoms with Gasteiger partial charge in [-0.25, -0.2) is 0 Å². The Morgan fingerprint density at radius 1 is 1.00 bits per heavy atom. The molecule has 0 bridgehead atoms. The minimum absolute atomic E-state index is 0.0644. The fraction of sp³-hybridized carbons (Fsp3) is 0. The Kier molecular flexibility index (Phi) is 4.30. The number of hydrogen-bond donors (Lipinski definition) is 2. The highest BCUT2D eigenvalue weighted by molar-refractivity contribution is 6.04. The molecule has 0 saturated heterocycles. The number of hydrogen-bond acceptors (Lipinski definition) is 8. The van der Waals surface area contributed by atoms with Crippen LogP contribution in [0.25, 0.3) is 11.4 Å². The molecule has 130 valence electrons. The van der Waals surface area contributed by atoms with Crippen molar-refractivity contribution in [1.29, 1.82) is 0 Å². The smallest absolute Gasteiger partial charge is 0.322 e. The van der Waals surface area contributed by atoms with E-state index in [-0.39, 0.29) is 11.3 Å². The molecular formula is C14H9N7O5. The summed E-state index contributed by atoms with van der Waals surface area (Å²) in [5.41, 5.74) is -0.383. The average molecular weight is 355 g/mol. The molecule has 0 aliphatic carbocycles. The third-order valence-electron chi connectivity index (χ3n) is 3.38. The molecule has 3 aromatic rings. The topological polar surface area (TPSA) is 170 Å². The third-order valence-corrected chi connectivity index (χ3v) is 3.38. The molecule has 1 heterocycles. The molecule has 0 fully saturated rings. The number of aromatic amines is 1. The highest BCUT2D eigenvalue weighted by Crippen LogP contribution is 2.29. The maximum Gasteiger partial charge on any atom is 0.348 e. The van der Waals surface area contributed by atoms with E-state index < -0.39 is 27.1 Å². The molecular weight excluding hydrogens is 346 g/mol. The van der Waals surface area contributed by atoms with Crippen LogP contribution >= 0.6 is 0 Å². The molecule has 2 N–H and O–H groups in total. The van der Waals surface area contributed by atoms with Gasteiger partial charge in [0.2, 0.25) is 5.82 Å². The van der Waals surface area contributed by atoms with E-state index in [1.54, 1.807) is 12.1 Å². The zero-order valence-corrected chi connectivity index (χ0v) is 12.8. The molecule has 0 radical (unpaired) electrons. The number of tetrazole rings is 1. The lowest BCUT2D eigenvalue weighted by molar-refractivity contribution is -0.422. The van der Waals surface area contributed by atoms with Crippen LogP contribution in [0.15, 0.2) is 42.5 Å². The highest BCUT2D eigenvalue weighted by Gasteiger charge is 2.24. The van der Waals surface area contributed by atoms with Crippen LogP contribution in [0, 0.1) is 20.2 Å². The van der Waals surface area contributed by atoms with E-state index in [9.17, 15) is 25.0 Å². The highest BCUT2D eigenvalue weighted by atomic mass is 16.6. The first-order valence-electron chi connectivity index (χ1n) is 7.04. The van der Waals surface area contributed by atoms with Gasteiger partial charge in [0, 0.05) is 28.9 Å². The van der Waals surface area contributed by atoms with Gasteiger partial charge in [0.05, 0.1) is 9.85 Å². The second kappa shape index (κ2) is 6.72. The van der Waals surface area contributed by atoms with Crippen molar-refractivity contribution in [2.45, 2.75) is 0 Å². The first-order valence-corrected chi connectivity index (χ1v) is 7.04. The molecule has 1 amide bonds.